The molecule has 7 N–H and O–H groups in total. The molecule has 2 fully saturated rings. The van der Waals surface area contributed by atoms with Crippen molar-refractivity contribution in [2.24, 2.45) is 0 Å². The largest absolute Gasteiger partial charge is 0.462 e. The lowest BCUT2D eigenvalue weighted by atomic mass is 9.98. The molecule has 2 aliphatic rings. The zero-order valence-electron chi connectivity index (χ0n) is 32.8. The van der Waals surface area contributed by atoms with Crippen LogP contribution in [0.2, 0.25) is 0 Å². The number of ether oxygens (including phenoxy) is 6. The summed E-state index contributed by atoms with van der Waals surface area (Å²) in [5.41, 5.74) is 0. The van der Waals surface area contributed by atoms with Gasteiger partial charge in [0.25, 0.3) is 0 Å². The van der Waals surface area contributed by atoms with Crippen LogP contribution in [0.4, 0.5) is 0 Å². The maximum atomic E-state index is 12.7. The Kier molecular flexibility index (Phi) is 25.9. The summed E-state index contributed by atoms with van der Waals surface area (Å²) < 4.78 is 32.8. The molecule has 15 nitrogen and oxygen atoms in total. The third-order valence-corrected chi connectivity index (χ3v) is 8.98. The second-order valence-electron chi connectivity index (χ2n) is 13.7. The number of carbonyl (C=O) groups is 2. The summed E-state index contributed by atoms with van der Waals surface area (Å²) in [5.74, 6) is -1.03. The Balaban J connectivity index is 1.77. The zero-order valence-corrected chi connectivity index (χ0v) is 32.8. The molecule has 2 rings (SSSR count). The minimum atomic E-state index is -1.77. The minimum Gasteiger partial charge on any atom is -0.462 e. The van der Waals surface area contributed by atoms with Gasteiger partial charge in [0.15, 0.2) is 18.7 Å². The van der Waals surface area contributed by atoms with Crippen molar-refractivity contribution >= 4 is 11.9 Å². The number of hydrogen-bond acceptors (Lipinski definition) is 15. The molecular weight excluding hydrogens is 732 g/mol. The van der Waals surface area contributed by atoms with Crippen LogP contribution < -0.4 is 0 Å². The lowest BCUT2D eigenvalue weighted by molar-refractivity contribution is -0.332. The van der Waals surface area contributed by atoms with Gasteiger partial charge in [-0.3, -0.25) is 9.59 Å². The Bertz CT molecular complexity index is 1220. The summed E-state index contributed by atoms with van der Waals surface area (Å²) in [5, 5.41) is 71.2. The molecule has 0 aromatic rings. The van der Waals surface area contributed by atoms with Gasteiger partial charge in [0, 0.05) is 12.8 Å². The average molecular weight is 799 g/mol. The van der Waals surface area contributed by atoms with Gasteiger partial charge in [-0.2, -0.15) is 0 Å². The quantitative estimate of drug-likeness (QED) is 0.0360. The Morgan fingerprint density at radius 3 is 1.70 bits per heavy atom. The molecule has 0 amide bonds. The van der Waals surface area contributed by atoms with Crippen LogP contribution in [0.25, 0.3) is 0 Å². The molecule has 0 aromatic carbocycles. The second-order valence-corrected chi connectivity index (χ2v) is 13.7. The number of esters is 2. The summed E-state index contributed by atoms with van der Waals surface area (Å²) in [6.07, 6.45) is 13.3. The van der Waals surface area contributed by atoms with E-state index in [9.17, 15) is 45.3 Å². The number of unbranched alkanes of at least 4 members (excludes halogenated alkanes) is 3. The maximum Gasteiger partial charge on any atom is 0.306 e. The maximum absolute atomic E-state index is 12.7. The number of allylic oxidation sites excluding steroid dienone is 10. The number of carbonyl (C=O) groups excluding carboxylic acids is 2. The Hall–Kier alpha value is -2.80. The molecule has 0 radical (unpaired) electrons. The Labute approximate surface area is 330 Å². The second kappa shape index (κ2) is 29.4. The normalized spacial score (nSPS) is 29.3. The molecule has 320 valence electrons. The van der Waals surface area contributed by atoms with Crippen molar-refractivity contribution in [2.45, 2.75) is 158 Å². The van der Waals surface area contributed by atoms with Crippen molar-refractivity contribution in [3.8, 4) is 0 Å². The van der Waals surface area contributed by atoms with Crippen molar-refractivity contribution in [1.82, 2.24) is 0 Å². The molecule has 2 aliphatic heterocycles. The molecule has 11 unspecified atom stereocenters. The van der Waals surface area contributed by atoms with E-state index in [0.717, 1.165) is 51.4 Å². The Morgan fingerprint density at radius 1 is 0.589 bits per heavy atom. The van der Waals surface area contributed by atoms with Crippen LogP contribution >= 0.6 is 0 Å². The first-order valence-corrected chi connectivity index (χ1v) is 19.9. The van der Waals surface area contributed by atoms with E-state index in [2.05, 4.69) is 67.7 Å². The summed E-state index contributed by atoms with van der Waals surface area (Å²) in [7, 11) is 0. The Morgan fingerprint density at radius 2 is 1.12 bits per heavy atom. The highest BCUT2D eigenvalue weighted by Crippen LogP contribution is 2.26. The van der Waals surface area contributed by atoms with Gasteiger partial charge in [0.2, 0.25) is 0 Å². The van der Waals surface area contributed by atoms with Crippen LogP contribution in [-0.4, -0.2) is 142 Å². The highest BCUT2D eigenvalue weighted by molar-refractivity contribution is 5.70. The molecule has 2 saturated heterocycles. The topological polar surface area (TPSA) is 231 Å². The van der Waals surface area contributed by atoms with E-state index < -0.39 is 99.3 Å². The van der Waals surface area contributed by atoms with Gasteiger partial charge in [-0.1, -0.05) is 81.0 Å². The van der Waals surface area contributed by atoms with Crippen molar-refractivity contribution in [2.75, 3.05) is 26.4 Å². The predicted molar refractivity (Wildman–Crippen MR) is 206 cm³/mol. The highest BCUT2D eigenvalue weighted by atomic mass is 16.7. The van der Waals surface area contributed by atoms with Crippen molar-refractivity contribution < 1.29 is 73.8 Å². The van der Waals surface area contributed by atoms with Crippen LogP contribution in [0.15, 0.2) is 60.8 Å². The third kappa shape index (κ3) is 19.1. The molecule has 0 saturated carbocycles. The van der Waals surface area contributed by atoms with Gasteiger partial charge in [-0.25, -0.2) is 0 Å². The van der Waals surface area contributed by atoms with E-state index in [-0.39, 0.29) is 19.4 Å². The van der Waals surface area contributed by atoms with E-state index in [4.69, 9.17) is 28.4 Å². The van der Waals surface area contributed by atoms with Gasteiger partial charge >= 0.3 is 11.9 Å². The van der Waals surface area contributed by atoms with Crippen LogP contribution in [0.5, 0.6) is 0 Å². The van der Waals surface area contributed by atoms with E-state index >= 15 is 0 Å². The van der Waals surface area contributed by atoms with Crippen LogP contribution in [0.3, 0.4) is 0 Å². The SMILES string of the molecule is CC/C=C\C/C=C\C/C=C\C/C=C\C/C=C\CCCCCC(=O)OC(COC(=O)CCC)COC1OC(COC2OC(CO)C(O)C(O)C2O)C(O)C(O)C1O. The van der Waals surface area contributed by atoms with Crippen molar-refractivity contribution in [1.29, 1.82) is 0 Å². The smallest absolute Gasteiger partial charge is 0.306 e. The molecule has 0 aliphatic carbocycles. The van der Waals surface area contributed by atoms with Gasteiger partial charge in [0.05, 0.1) is 19.8 Å². The summed E-state index contributed by atoms with van der Waals surface area (Å²) in [6, 6.07) is 0. The monoisotopic (exact) mass is 798 g/mol. The molecule has 15 heteroatoms. The average Bonchev–Trinajstić information content (AvgIpc) is 3.18. The predicted octanol–water partition coefficient (Wildman–Crippen LogP) is 2.58. The van der Waals surface area contributed by atoms with Crippen molar-refractivity contribution in [3.63, 3.8) is 0 Å². The van der Waals surface area contributed by atoms with Gasteiger partial charge in [-0.15, -0.1) is 0 Å². The van der Waals surface area contributed by atoms with Gasteiger partial charge in [-0.05, 0) is 57.8 Å². The zero-order chi connectivity index (χ0) is 41.1. The van der Waals surface area contributed by atoms with Crippen LogP contribution in [0.1, 0.15) is 90.9 Å². The van der Waals surface area contributed by atoms with Crippen LogP contribution in [0, 0.1) is 0 Å². The molecule has 11 atom stereocenters. The molecule has 2 heterocycles. The molecule has 0 bridgehead atoms. The van der Waals surface area contributed by atoms with E-state index in [1.54, 1.807) is 0 Å². The molecular formula is C41H66O15. The number of aliphatic hydroxyl groups is 7. The highest BCUT2D eigenvalue weighted by Gasteiger charge is 2.47. The lowest BCUT2D eigenvalue weighted by Gasteiger charge is -2.42. The third-order valence-electron chi connectivity index (χ3n) is 8.98. The standard InChI is InChI=1S/C41H66O15/c1-3-5-6-7-8-9-10-11-12-13-14-15-16-17-18-19-20-21-22-24-33(44)54-29(26-51-32(43)23-4-2)27-52-40-39(50)37(48)35(46)31(56-40)28-53-41-38(49)36(47)34(45)30(25-42)55-41/h5-6,8-9,11-12,14-15,17-18,29-31,34-42,45-50H,3-4,7,10,13,16,19-28H2,1-2H3/b6-5-,9-8-,12-11-,15-14-,18-17-. The number of hydrogen-bond donors (Lipinski definition) is 7. The molecule has 0 spiro atoms. The molecule has 0 aromatic heterocycles. The van der Waals surface area contributed by atoms with Gasteiger partial charge < -0.3 is 64.2 Å². The fourth-order valence-corrected chi connectivity index (χ4v) is 5.69. The van der Waals surface area contributed by atoms with Crippen LogP contribution in [-0.2, 0) is 38.0 Å². The van der Waals surface area contributed by atoms with Crippen molar-refractivity contribution in [3.05, 3.63) is 60.8 Å². The van der Waals surface area contributed by atoms with Gasteiger partial charge in [0.1, 0.15) is 55.4 Å². The molecule has 56 heavy (non-hydrogen) atoms. The first kappa shape index (κ1) is 49.3. The lowest BCUT2D eigenvalue weighted by Crippen LogP contribution is -2.61. The van der Waals surface area contributed by atoms with E-state index in [1.807, 2.05) is 6.92 Å². The summed E-state index contributed by atoms with van der Waals surface area (Å²) in [4.78, 5) is 24.8. The number of aliphatic hydroxyl groups excluding tert-OH is 7. The number of rotatable bonds is 27. The van der Waals surface area contributed by atoms with E-state index in [1.165, 1.54) is 0 Å². The fraction of sp³-hybridized carbons (Fsp3) is 0.707. The first-order chi connectivity index (χ1) is 27.0. The first-order valence-electron chi connectivity index (χ1n) is 19.9. The fourth-order valence-electron chi connectivity index (χ4n) is 5.69. The summed E-state index contributed by atoms with van der Waals surface area (Å²) in [6.45, 7) is 1.98. The van der Waals surface area contributed by atoms with E-state index in [0.29, 0.717) is 12.8 Å². The minimum absolute atomic E-state index is 0.121. The summed E-state index contributed by atoms with van der Waals surface area (Å²) >= 11 is 0.